The second-order valence-corrected chi connectivity index (χ2v) is 5.37. The Morgan fingerprint density at radius 1 is 1.11 bits per heavy atom. The maximum absolute atomic E-state index is 10.5. The van der Waals surface area contributed by atoms with E-state index in [0.29, 0.717) is 6.61 Å². The smallest absolute Gasteiger partial charge is 0.302 e. The Balaban J connectivity index is 1.82. The van der Waals surface area contributed by atoms with Crippen LogP contribution >= 0.6 is 0 Å². The van der Waals surface area contributed by atoms with Crippen LogP contribution < -0.4 is 0 Å². The van der Waals surface area contributed by atoms with Crippen LogP contribution in [0.15, 0.2) is 23.3 Å². The minimum atomic E-state index is -0.161. The number of carbonyl (C=O) groups is 1. The van der Waals surface area contributed by atoms with E-state index in [1.165, 1.54) is 58.3 Å². The minimum Gasteiger partial charge on any atom is -0.466 e. The van der Waals surface area contributed by atoms with Gasteiger partial charge in [-0.2, -0.15) is 0 Å². The van der Waals surface area contributed by atoms with Gasteiger partial charge in [0, 0.05) is 6.92 Å². The molecule has 0 fully saturated rings. The lowest BCUT2D eigenvalue weighted by Gasteiger charge is -2.02. The van der Waals surface area contributed by atoms with Crippen molar-refractivity contribution in [1.82, 2.24) is 0 Å². The summed E-state index contributed by atoms with van der Waals surface area (Å²) in [6.45, 7) is 4.15. The van der Waals surface area contributed by atoms with Crippen LogP contribution in [0.3, 0.4) is 0 Å². The van der Waals surface area contributed by atoms with Gasteiger partial charge in [-0.25, -0.2) is 0 Å². The molecule has 0 aromatic carbocycles. The van der Waals surface area contributed by atoms with Gasteiger partial charge in [0.05, 0.1) is 6.61 Å². The van der Waals surface area contributed by atoms with Gasteiger partial charge in [-0.15, -0.1) is 0 Å². The lowest BCUT2D eigenvalue weighted by atomic mass is 10.1. The molecule has 1 aliphatic rings. The minimum absolute atomic E-state index is 0.161. The van der Waals surface area contributed by atoms with E-state index in [1.54, 1.807) is 11.1 Å². The molecule has 0 heterocycles. The largest absolute Gasteiger partial charge is 0.466 e. The molecule has 0 atom stereocenters. The number of unbranched alkanes of at least 4 members (excludes halogenated alkanes) is 5. The van der Waals surface area contributed by atoms with Crippen LogP contribution in [-0.2, 0) is 9.53 Å². The van der Waals surface area contributed by atoms with Crippen molar-refractivity contribution >= 4 is 5.97 Å². The Labute approximate surface area is 117 Å². The van der Waals surface area contributed by atoms with Gasteiger partial charge in [0.2, 0.25) is 0 Å². The van der Waals surface area contributed by atoms with Crippen LogP contribution in [0.5, 0.6) is 0 Å². The molecule has 1 aliphatic carbocycles. The summed E-state index contributed by atoms with van der Waals surface area (Å²) in [5, 5.41) is 0. The number of carbonyl (C=O) groups excluding carboxylic acids is 1. The quantitative estimate of drug-likeness (QED) is 0.300. The van der Waals surface area contributed by atoms with E-state index in [1.807, 2.05) is 0 Å². The molecule has 2 nitrogen and oxygen atoms in total. The standard InChI is InChI=1S/C17H28O2/c1-3-4-11-16-14-17(16)12-9-7-5-6-8-10-13-19-15(2)18/h3-4H,5-14H2,1-2H3. The highest BCUT2D eigenvalue weighted by Crippen LogP contribution is 2.37. The Hall–Kier alpha value is -1.05. The average molecular weight is 264 g/mol. The average Bonchev–Trinajstić information content (AvgIpc) is 3.12. The molecule has 0 saturated heterocycles. The summed E-state index contributed by atoms with van der Waals surface area (Å²) < 4.78 is 4.90. The van der Waals surface area contributed by atoms with E-state index in [9.17, 15) is 4.79 Å². The topological polar surface area (TPSA) is 26.3 Å². The van der Waals surface area contributed by atoms with Crippen molar-refractivity contribution < 1.29 is 9.53 Å². The maximum Gasteiger partial charge on any atom is 0.302 e. The fourth-order valence-corrected chi connectivity index (χ4v) is 2.32. The molecule has 0 aliphatic heterocycles. The summed E-state index contributed by atoms with van der Waals surface area (Å²) in [4.78, 5) is 10.5. The number of allylic oxidation sites excluding steroid dienone is 4. The van der Waals surface area contributed by atoms with Crippen molar-refractivity contribution in [1.29, 1.82) is 0 Å². The zero-order valence-corrected chi connectivity index (χ0v) is 12.5. The number of ether oxygens (including phenoxy) is 1. The van der Waals surface area contributed by atoms with Crippen molar-refractivity contribution in [3.8, 4) is 0 Å². The van der Waals surface area contributed by atoms with Crippen molar-refractivity contribution in [2.45, 2.75) is 71.6 Å². The molecular formula is C17H28O2. The second kappa shape index (κ2) is 9.82. The van der Waals surface area contributed by atoms with E-state index >= 15 is 0 Å². The molecule has 0 amide bonds. The number of hydrogen-bond acceptors (Lipinski definition) is 2. The Morgan fingerprint density at radius 2 is 1.79 bits per heavy atom. The van der Waals surface area contributed by atoms with Gasteiger partial charge >= 0.3 is 5.97 Å². The van der Waals surface area contributed by atoms with Gasteiger partial charge in [0.25, 0.3) is 0 Å². The second-order valence-electron chi connectivity index (χ2n) is 5.37. The van der Waals surface area contributed by atoms with Crippen molar-refractivity contribution in [2.24, 2.45) is 0 Å². The summed E-state index contributed by atoms with van der Waals surface area (Å²) >= 11 is 0. The van der Waals surface area contributed by atoms with Gasteiger partial charge in [-0.1, -0.05) is 49.0 Å². The molecule has 0 unspecified atom stereocenters. The first-order valence-corrected chi connectivity index (χ1v) is 7.68. The Kier molecular flexibility index (Phi) is 8.28. The molecule has 1 rings (SSSR count). The van der Waals surface area contributed by atoms with Gasteiger partial charge < -0.3 is 4.74 Å². The molecule has 0 bridgehead atoms. The maximum atomic E-state index is 10.5. The lowest BCUT2D eigenvalue weighted by Crippen LogP contribution is -1.99. The fraction of sp³-hybridized carbons (Fsp3) is 0.706. The predicted octanol–water partition coefficient (Wildman–Crippen LogP) is 4.95. The summed E-state index contributed by atoms with van der Waals surface area (Å²) in [6.07, 6.45) is 15.7. The van der Waals surface area contributed by atoms with Crippen molar-refractivity contribution in [2.75, 3.05) is 6.61 Å². The zero-order valence-electron chi connectivity index (χ0n) is 12.5. The van der Waals surface area contributed by atoms with E-state index < -0.39 is 0 Å². The summed E-state index contributed by atoms with van der Waals surface area (Å²) in [5.41, 5.74) is 3.40. The first-order valence-electron chi connectivity index (χ1n) is 7.68. The first-order chi connectivity index (χ1) is 9.24. The molecule has 19 heavy (non-hydrogen) atoms. The van der Waals surface area contributed by atoms with E-state index in [-0.39, 0.29) is 5.97 Å². The van der Waals surface area contributed by atoms with Crippen LogP contribution in [0.4, 0.5) is 0 Å². The third kappa shape index (κ3) is 8.63. The third-order valence-corrected chi connectivity index (χ3v) is 3.58. The lowest BCUT2D eigenvalue weighted by molar-refractivity contribution is -0.141. The summed E-state index contributed by atoms with van der Waals surface area (Å²) in [7, 11) is 0. The molecule has 108 valence electrons. The van der Waals surface area contributed by atoms with E-state index in [0.717, 1.165) is 6.42 Å². The van der Waals surface area contributed by atoms with Crippen LogP contribution in [0, 0.1) is 0 Å². The van der Waals surface area contributed by atoms with Crippen molar-refractivity contribution in [3.63, 3.8) is 0 Å². The highest BCUT2D eigenvalue weighted by atomic mass is 16.5. The van der Waals surface area contributed by atoms with Crippen LogP contribution in [0.2, 0.25) is 0 Å². The molecule has 0 spiro atoms. The molecular weight excluding hydrogens is 236 g/mol. The Bertz CT molecular complexity index is 326. The molecule has 0 N–H and O–H groups in total. The molecule has 0 saturated carbocycles. The highest BCUT2D eigenvalue weighted by molar-refractivity contribution is 5.65. The molecule has 0 aromatic heterocycles. The fourth-order valence-electron chi connectivity index (χ4n) is 2.32. The molecule has 0 aromatic rings. The van der Waals surface area contributed by atoms with Gasteiger partial charge in [-0.3, -0.25) is 4.79 Å². The van der Waals surface area contributed by atoms with Crippen LogP contribution in [0.1, 0.15) is 71.6 Å². The third-order valence-electron chi connectivity index (χ3n) is 3.58. The zero-order chi connectivity index (χ0) is 13.9. The van der Waals surface area contributed by atoms with Crippen LogP contribution in [0.25, 0.3) is 0 Å². The number of esters is 1. The van der Waals surface area contributed by atoms with Gasteiger partial charge in [0.1, 0.15) is 0 Å². The highest BCUT2D eigenvalue weighted by Gasteiger charge is 2.18. The number of hydrogen-bond donors (Lipinski definition) is 0. The summed E-state index contributed by atoms with van der Waals surface area (Å²) in [5.74, 6) is -0.161. The predicted molar refractivity (Wildman–Crippen MR) is 80.0 cm³/mol. The van der Waals surface area contributed by atoms with E-state index in [2.05, 4.69) is 19.1 Å². The van der Waals surface area contributed by atoms with Gasteiger partial charge in [0.15, 0.2) is 0 Å². The summed E-state index contributed by atoms with van der Waals surface area (Å²) in [6, 6.07) is 0. The first kappa shape index (κ1) is 16.0. The molecule has 2 heteroatoms. The Morgan fingerprint density at radius 3 is 2.47 bits per heavy atom. The van der Waals surface area contributed by atoms with Crippen LogP contribution in [-0.4, -0.2) is 12.6 Å². The monoisotopic (exact) mass is 264 g/mol. The SMILES string of the molecule is CC=CCC1=C(CCCCCCCCOC(C)=O)C1. The molecule has 0 radical (unpaired) electrons. The van der Waals surface area contributed by atoms with Gasteiger partial charge in [-0.05, 0) is 39.0 Å². The van der Waals surface area contributed by atoms with E-state index in [4.69, 9.17) is 4.74 Å². The normalized spacial score (nSPS) is 14.2. The van der Waals surface area contributed by atoms with Crippen molar-refractivity contribution in [3.05, 3.63) is 23.3 Å². The number of rotatable bonds is 11.